The van der Waals surface area contributed by atoms with Crippen molar-refractivity contribution in [2.24, 2.45) is 0 Å². The molecule has 0 radical (unpaired) electrons. The molecule has 2 saturated heterocycles. The molecule has 0 unspecified atom stereocenters. The van der Waals surface area contributed by atoms with Crippen LogP contribution in [0, 0.1) is 11.3 Å². The highest BCUT2D eigenvalue weighted by molar-refractivity contribution is 5.71. The van der Waals surface area contributed by atoms with Crippen LogP contribution >= 0.6 is 0 Å². The summed E-state index contributed by atoms with van der Waals surface area (Å²) in [7, 11) is 2.10. The van der Waals surface area contributed by atoms with Crippen LogP contribution < -0.4 is 15.0 Å². The zero-order valence-electron chi connectivity index (χ0n) is 17.7. The zero-order chi connectivity index (χ0) is 21.3. The molecule has 0 bridgehead atoms. The third kappa shape index (κ3) is 3.89. The van der Waals surface area contributed by atoms with Crippen LogP contribution in [0.15, 0.2) is 0 Å². The van der Waals surface area contributed by atoms with Gasteiger partial charge in [0.05, 0.1) is 11.4 Å². The Hall–Kier alpha value is -2.57. The maximum atomic E-state index is 11.5. The monoisotopic (exact) mass is 414 g/mol. The SMILES string of the molecule is C[C@@H]1CN(c2c(C#N)c(OC[C@@H]3CCCN3C)nc3c2CCNC3)CCN1C(=O)O. The number of likely N-dealkylation sites (tertiary alicyclic amines) is 1. The molecule has 0 aromatic carbocycles. The van der Waals surface area contributed by atoms with Crippen molar-refractivity contribution < 1.29 is 14.6 Å². The lowest BCUT2D eigenvalue weighted by Crippen LogP contribution is -2.54. The number of hydrogen-bond donors (Lipinski definition) is 2. The molecule has 4 heterocycles. The number of hydrogen-bond acceptors (Lipinski definition) is 7. The van der Waals surface area contributed by atoms with E-state index in [-0.39, 0.29) is 6.04 Å². The fourth-order valence-corrected chi connectivity index (χ4v) is 4.83. The standard InChI is InChI=1S/C21H30N6O3/c1-14-12-26(8-9-27(14)21(28)29)19-16-5-6-23-11-18(16)24-20(17(19)10-22)30-13-15-4-3-7-25(15)2/h14-15,23H,3-9,11-13H2,1-2H3,(H,28,29)/t14-,15+/m1/s1. The maximum absolute atomic E-state index is 11.5. The van der Waals surface area contributed by atoms with Crippen LogP contribution in [-0.2, 0) is 13.0 Å². The summed E-state index contributed by atoms with van der Waals surface area (Å²) in [5.41, 5.74) is 3.38. The van der Waals surface area contributed by atoms with Crippen LogP contribution in [0.3, 0.4) is 0 Å². The Morgan fingerprint density at radius 3 is 2.90 bits per heavy atom. The highest BCUT2D eigenvalue weighted by atomic mass is 16.5. The van der Waals surface area contributed by atoms with Crippen molar-refractivity contribution in [2.75, 3.05) is 51.3 Å². The number of likely N-dealkylation sites (N-methyl/N-ethyl adjacent to an activating group) is 1. The number of nitrogens with one attached hydrogen (secondary N) is 1. The van der Waals surface area contributed by atoms with Gasteiger partial charge in [-0.2, -0.15) is 5.26 Å². The molecule has 3 aliphatic rings. The van der Waals surface area contributed by atoms with E-state index < -0.39 is 6.09 Å². The molecule has 4 rings (SSSR count). The van der Waals surface area contributed by atoms with Crippen LogP contribution in [0.4, 0.5) is 10.5 Å². The maximum Gasteiger partial charge on any atom is 0.407 e. The number of anilines is 1. The largest absolute Gasteiger partial charge is 0.475 e. The Morgan fingerprint density at radius 1 is 1.40 bits per heavy atom. The molecule has 0 aliphatic carbocycles. The van der Waals surface area contributed by atoms with E-state index in [2.05, 4.69) is 28.2 Å². The second kappa shape index (κ2) is 8.66. The van der Waals surface area contributed by atoms with E-state index in [9.17, 15) is 15.2 Å². The lowest BCUT2D eigenvalue weighted by Gasteiger charge is -2.41. The Morgan fingerprint density at radius 2 is 2.23 bits per heavy atom. The summed E-state index contributed by atoms with van der Waals surface area (Å²) in [6.45, 7) is 6.51. The van der Waals surface area contributed by atoms with Gasteiger partial charge in [0.25, 0.3) is 0 Å². The van der Waals surface area contributed by atoms with Crippen molar-refractivity contribution in [3.8, 4) is 11.9 Å². The normalized spacial score (nSPS) is 24.4. The molecule has 0 spiro atoms. The Balaban J connectivity index is 1.66. The summed E-state index contributed by atoms with van der Waals surface area (Å²) < 4.78 is 6.13. The minimum atomic E-state index is -0.895. The first-order chi connectivity index (χ1) is 14.5. The lowest BCUT2D eigenvalue weighted by atomic mass is 9.98. The van der Waals surface area contributed by atoms with E-state index in [0.717, 1.165) is 49.3 Å². The molecule has 162 valence electrons. The predicted octanol–water partition coefficient (Wildman–Crippen LogP) is 1.26. The minimum absolute atomic E-state index is 0.148. The number of ether oxygens (including phenoxy) is 1. The molecule has 1 amide bonds. The molecule has 9 heteroatoms. The van der Waals surface area contributed by atoms with E-state index in [1.54, 1.807) is 0 Å². The molecule has 1 aromatic rings. The molecule has 2 atom stereocenters. The fourth-order valence-electron chi connectivity index (χ4n) is 4.83. The Bertz CT molecular complexity index is 854. The van der Waals surface area contributed by atoms with Crippen LogP contribution in [0.5, 0.6) is 5.88 Å². The quantitative estimate of drug-likeness (QED) is 0.759. The zero-order valence-corrected chi connectivity index (χ0v) is 17.7. The second-order valence-electron chi connectivity index (χ2n) is 8.46. The van der Waals surface area contributed by atoms with Crippen LogP contribution in [0.2, 0.25) is 0 Å². The number of amides is 1. The van der Waals surface area contributed by atoms with Crippen LogP contribution in [-0.4, -0.2) is 84.4 Å². The summed E-state index contributed by atoms with van der Waals surface area (Å²) in [5, 5.41) is 22.8. The van der Waals surface area contributed by atoms with Gasteiger partial charge in [-0.15, -0.1) is 0 Å². The fraction of sp³-hybridized carbons (Fsp3) is 0.667. The third-order valence-corrected chi connectivity index (χ3v) is 6.55. The second-order valence-corrected chi connectivity index (χ2v) is 8.46. The van der Waals surface area contributed by atoms with E-state index in [0.29, 0.717) is 50.3 Å². The molecule has 2 fully saturated rings. The third-order valence-electron chi connectivity index (χ3n) is 6.55. The summed E-state index contributed by atoms with van der Waals surface area (Å²) in [5.74, 6) is 0.406. The van der Waals surface area contributed by atoms with Gasteiger partial charge in [0.2, 0.25) is 5.88 Å². The molecule has 0 saturated carbocycles. The number of piperazine rings is 1. The first-order valence-electron chi connectivity index (χ1n) is 10.7. The van der Waals surface area contributed by atoms with Crippen molar-refractivity contribution in [1.29, 1.82) is 5.26 Å². The summed E-state index contributed by atoms with van der Waals surface area (Å²) in [6.07, 6.45) is 2.15. The van der Waals surface area contributed by atoms with E-state index in [1.165, 1.54) is 4.90 Å². The van der Waals surface area contributed by atoms with Crippen molar-refractivity contribution >= 4 is 11.8 Å². The highest BCUT2D eigenvalue weighted by Crippen LogP contribution is 2.36. The van der Waals surface area contributed by atoms with Gasteiger partial charge in [0, 0.05) is 43.8 Å². The van der Waals surface area contributed by atoms with Crippen LogP contribution in [0.25, 0.3) is 0 Å². The minimum Gasteiger partial charge on any atom is -0.475 e. The number of nitriles is 1. The van der Waals surface area contributed by atoms with Gasteiger partial charge >= 0.3 is 6.09 Å². The average molecular weight is 415 g/mol. The number of fused-ring (bicyclic) bond motifs is 1. The van der Waals surface area contributed by atoms with Gasteiger partial charge < -0.3 is 29.9 Å². The van der Waals surface area contributed by atoms with Crippen molar-refractivity contribution in [3.63, 3.8) is 0 Å². The Labute approximate surface area is 177 Å². The van der Waals surface area contributed by atoms with Gasteiger partial charge in [-0.3, -0.25) is 0 Å². The van der Waals surface area contributed by atoms with Crippen molar-refractivity contribution in [3.05, 3.63) is 16.8 Å². The molecular weight excluding hydrogens is 384 g/mol. The van der Waals surface area contributed by atoms with Crippen molar-refractivity contribution in [1.82, 2.24) is 20.1 Å². The summed E-state index contributed by atoms with van der Waals surface area (Å²) in [6, 6.07) is 2.55. The van der Waals surface area contributed by atoms with E-state index in [4.69, 9.17) is 9.72 Å². The van der Waals surface area contributed by atoms with Gasteiger partial charge in [-0.1, -0.05) is 0 Å². The molecule has 3 aliphatic heterocycles. The molecule has 9 nitrogen and oxygen atoms in total. The number of rotatable bonds is 4. The smallest absolute Gasteiger partial charge is 0.407 e. The first-order valence-corrected chi connectivity index (χ1v) is 10.7. The van der Waals surface area contributed by atoms with Gasteiger partial charge in [0.15, 0.2) is 0 Å². The predicted molar refractivity (Wildman–Crippen MR) is 112 cm³/mol. The first kappa shape index (κ1) is 20.7. The number of carboxylic acid groups (broad SMARTS) is 1. The lowest BCUT2D eigenvalue weighted by molar-refractivity contribution is 0.122. The van der Waals surface area contributed by atoms with Crippen molar-refractivity contribution in [2.45, 2.75) is 44.8 Å². The number of pyridine rings is 1. The Kier molecular flexibility index (Phi) is 5.97. The molecule has 1 aromatic heterocycles. The van der Waals surface area contributed by atoms with E-state index in [1.807, 2.05) is 6.92 Å². The molecule has 30 heavy (non-hydrogen) atoms. The van der Waals surface area contributed by atoms with E-state index >= 15 is 0 Å². The van der Waals surface area contributed by atoms with Gasteiger partial charge in [-0.05, 0) is 46.3 Å². The summed E-state index contributed by atoms with van der Waals surface area (Å²) in [4.78, 5) is 22.1. The number of nitrogens with zero attached hydrogens (tertiary/aromatic N) is 5. The van der Waals surface area contributed by atoms with Gasteiger partial charge in [0.1, 0.15) is 18.2 Å². The molecule has 2 N–H and O–H groups in total. The van der Waals surface area contributed by atoms with Crippen LogP contribution in [0.1, 0.15) is 36.6 Å². The van der Waals surface area contributed by atoms with Gasteiger partial charge in [-0.25, -0.2) is 9.78 Å². The number of aromatic nitrogens is 1. The highest BCUT2D eigenvalue weighted by Gasteiger charge is 2.33. The topological polar surface area (TPSA) is 105 Å². The summed E-state index contributed by atoms with van der Waals surface area (Å²) >= 11 is 0. The number of carbonyl (C=O) groups is 1. The average Bonchev–Trinajstić information content (AvgIpc) is 3.15. The molecular formula is C21H30N6O3.